The zero-order valence-corrected chi connectivity index (χ0v) is 17.2. The van der Waals surface area contributed by atoms with Gasteiger partial charge in [-0.15, -0.1) is 0 Å². The molecule has 2 aromatic rings. The topological polar surface area (TPSA) is 183 Å². The van der Waals surface area contributed by atoms with Crippen LogP contribution in [0.1, 0.15) is 11.1 Å². The molecule has 0 bridgehead atoms. The highest BCUT2D eigenvalue weighted by Crippen LogP contribution is 2.29. The van der Waals surface area contributed by atoms with Gasteiger partial charge in [-0.1, -0.05) is 24.3 Å². The van der Waals surface area contributed by atoms with Crippen molar-refractivity contribution in [2.45, 2.75) is 30.7 Å². The van der Waals surface area contributed by atoms with Crippen LogP contribution in [0.2, 0.25) is 0 Å². The van der Waals surface area contributed by atoms with Crippen LogP contribution in [-0.2, 0) is 19.3 Å². The van der Waals surface area contributed by atoms with Gasteiger partial charge in [0.05, 0.1) is 6.61 Å². The van der Waals surface area contributed by atoms with Gasteiger partial charge >= 0.3 is 10.4 Å². The third kappa shape index (κ3) is 6.17. The average molecular weight is 470 g/mol. The van der Waals surface area contributed by atoms with Gasteiger partial charge in [0.15, 0.2) is 0 Å². The summed E-state index contributed by atoms with van der Waals surface area (Å²) >= 11 is 0. The predicted molar refractivity (Wildman–Crippen MR) is 110 cm³/mol. The highest BCUT2D eigenvalue weighted by atomic mass is 32.3. The molecule has 1 fully saturated rings. The maximum Gasteiger partial charge on any atom is 0.397 e. The van der Waals surface area contributed by atoms with Gasteiger partial charge < -0.3 is 35.0 Å². The van der Waals surface area contributed by atoms with Gasteiger partial charge in [0.25, 0.3) is 0 Å². The molecule has 12 heteroatoms. The second-order valence-corrected chi connectivity index (χ2v) is 8.05. The molecule has 0 aromatic heterocycles. The Labute approximate surface area is 183 Å². The molecule has 11 nitrogen and oxygen atoms in total. The smallest absolute Gasteiger partial charge is 0.397 e. The zero-order valence-electron chi connectivity index (χ0n) is 16.4. The van der Waals surface area contributed by atoms with Crippen molar-refractivity contribution in [1.29, 1.82) is 0 Å². The molecule has 1 aliphatic rings. The van der Waals surface area contributed by atoms with Crippen molar-refractivity contribution in [1.82, 2.24) is 0 Å². The Bertz CT molecular complexity index is 1050. The molecule has 5 atom stereocenters. The van der Waals surface area contributed by atoms with Crippen LogP contribution in [-0.4, -0.2) is 75.8 Å². The number of phenols is 2. The highest BCUT2D eigenvalue weighted by molar-refractivity contribution is 7.80. The molecule has 1 heterocycles. The molecule has 0 amide bonds. The first-order chi connectivity index (χ1) is 15.1. The summed E-state index contributed by atoms with van der Waals surface area (Å²) in [6, 6.07) is 10.5. The first-order valence-corrected chi connectivity index (χ1v) is 10.7. The first kappa shape index (κ1) is 23.9. The molecular weight excluding hydrogens is 448 g/mol. The maximum atomic E-state index is 11.0. The monoisotopic (exact) mass is 470 g/mol. The average Bonchev–Trinajstić information content (AvgIpc) is 2.72. The van der Waals surface area contributed by atoms with E-state index in [1.54, 1.807) is 24.3 Å². The number of ether oxygens (including phenoxy) is 2. The maximum absolute atomic E-state index is 11.0. The van der Waals surface area contributed by atoms with E-state index in [0.717, 1.165) is 5.56 Å². The minimum atomic E-state index is -5.00. The van der Waals surface area contributed by atoms with E-state index in [9.17, 15) is 34.0 Å². The van der Waals surface area contributed by atoms with Crippen molar-refractivity contribution in [2.24, 2.45) is 0 Å². The van der Waals surface area contributed by atoms with Crippen LogP contribution in [0.25, 0.3) is 12.2 Å². The molecule has 1 saturated heterocycles. The normalized spacial score (nSPS) is 26.3. The molecule has 3 rings (SSSR count). The number of benzene rings is 2. The number of aliphatic hydroxyl groups excluding tert-OH is 3. The summed E-state index contributed by atoms with van der Waals surface area (Å²) in [5.74, 6) is -0.0173. The minimum Gasteiger partial charge on any atom is -0.508 e. The lowest BCUT2D eigenvalue weighted by molar-refractivity contribution is -0.272. The lowest BCUT2D eigenvalue weighted by Crippen LogP contribution is -2.61. The summed E-state index contributed by atoms with van der Waals surface area (Å²) in [4.78, 5) is 0. The molecule has 0 saturated carbocycles. The fourth-order valence-electron chi connectivity index (χ4n) is 3.09. The summed E-state index contributed by atoms with van der Waals surface area (Å²) in [5.41, 5.74) is 1.28. The van der Waals surface area contributed by atoms with Gasteiger partial charge in [-0.25, -0.2) is 4.18 Å². The van der Waals surface area contributed by atoms with Crippen LogP contribution in [0.4, 0.5) is 0 Å². The standard InChI is InChI=1S/C20H22O11S/c21-10-16-19(31-32(26,27)28)17(24)18(25)20(30-16)29-15-8-12(7-14(23)9-15)2-1-11-3-5-13(22)6-4-11/h1-9,16-25H,10H2,(H,26,27,28)/b2-1-. The molecule has 1 aliphatic heterocycles. The van der Waals surface area contributed by atoms with Crippen LogP contribution < -0.4 is 4.74 Å². The van der Waals surface area contributed by atoms with Crippen molar-refractivity contribution in [3.05, 3.63) is 53.6 Å². The number of aromatic hydroxyl groups is 2. The van der Waals surface area contributed by atoms with E-state index in [2.05, 4.69) is 4.18 Å². The Morgan fingerprint density at radius 2 is 1.59 bits per heavy atom. The van der Waals surface area contributed by atoms with Crippen molar-refractivity contribution in [3.63, 3.8) is 0 Å². The largest absolute Gasteiger partial charge is 0.508 e. The summed E-state index contributed by atoms with van der Waals surface area (Å²) in [7, 11) is -5.00. The molecule has 32 heavy (non-hydrogen) atoms. The number of rotatable bonds is 7. The van der Waals surface area contributed by atoms with Crippen LogP contribution in [0.3, 0.4) is 0 Å². The number of phenolic OH excluding ortho intramolecular Hbond substituents is 2. The fourth-order valence-corrected chi connectivity index (χ4v) is 3.61. The minimum absolute atomic E-state index is 0.0393. The van der Waals surface area contributed by atoms with Gasteiger partial charge in [-0.2, -0.15) is 8.42 Å². The van der Waals surface area contributed by atoms with E-state index < -0.39 is 47.7 Å². The lowest BCUT2D eigenvalue weighted by atomic mass is 9.99. The Morgan fingerprint density at radius 1 is 0.938 bits per heavy atom. The zero-order chi connectivity index (χ0) is 23.5. The van der Waals surface area contributed by atoms with Crippen molar-refractivity contribution >= 4 is 22.6 Å². The number of aliphatic hydroxyl groups is 3. The third-order valence-electron chi connectivity index (χ3n) is 4.58. The van der Waals surface area contributed by atoms with E-state index >= 15 is 0 Å². The highest BCUT2D eigenvalue weighted by Gasteiger charge is 2.48. The van der Waals surface area contributed by atoms with E-state index in [-0.39, 0.29) is 17.2 Å². The summed E-state index contributed by atoms with van der Waals surface area (Å²) in [5, 5.41) is 49.2. The van der Waals surface area contributed by atoms with Crippen LogP contribution >= 0.6 is 0 Å². The summed E-state index contributed by atoms with van der Waals surface area (Å²) in [6.45, 7) is -0.815. The number of hydrogen-bond donors (Lipinski definition) is 6. The van der Waals surface area contributed by atoms with E-state index in [1.165, 1.54) is 30.3 Å². The molecule has 0 aliphatic carbocycles. The molecule has 5 unspecified atom stereocenters. The molecule has 6 N–H and O–H groups in total. The van der Waals surface area contributed by atoms with E-state index in [0.29, 0.717) is 5.56 Å². The quantitative estimate of drug-likeness (QED) is 0.241. The summed E-state index contributed by atoms with van der Waals surface area (Å²) in [6.07, 6.45) is -5.13. The Morgan fingerprint density at radius 3 is 2.22 bits per heavy atom. The lowest BCUT2D eigenvalue weighted by Gasteiger charge is -2.40. The van der Waals surface area contributed by atoms with Gasteiger partial charge in [-0.3, -0.25) is 4.55 Å². The Kier molecular flexibility index (Phi) is 7.36. The van der Waals surface area contributed by atoms with Gasteiger partial charge in [0.1, 0.15) is 41.7 Å². The van der Waals surface area contributed by atoms with Crippen LogP contribution in [0, 0.1) is 0 Å². The molecule has 2 aromatic carbocycles. The molecule has 0 radical (unpaired) electrons. The predicted octanol–water partition coefficient (Wildman–Crippen LogP) is 0.274. The second-order valence-electron chi connectivity index (χ2n) is 7.00. The Balaban J connectivity index is 1.77. The van der Waals surface area contributed by atoms with Gasteiger partial charge in [-0.05, 0) is 35.4 Å². The van der Waals surface area contributed by atoms with Gasteiger partial charge in [0, 0.05) is 6.07 Å². The van der Waals surface area contributed by atoms with E-state index in [1.807, 2.05) is 0 Å². The number of hydrogen-bond acceptors (Lipinski definition) is 10. The van der Waals surface area contributed by atoms with Crippen molar-refractivity contribution in [2.75, 3.05) is 6.61 Å². The first-order valence-electron chi connectivity index (χ1n) is 9.32. The third-order valence-corrected chi connectivity index (χ3v) is 5.05. The molecule has 174 valence electrons. The SMILES string of the molecule is O=S(=O)(O)OC1C(CO)OC(Oc2cc(O)cc(/C=C\c3ccc(O)cc3)c2)C(O)C1O. The van der Waals surface area contributed by atoms with Crippen molar-refractivity contribution < 1.29 is 52.2 Å². The van der Waals surface area contributed by atoms with Crippen molar-refractivity contribution in [3.8, 4) is 17.2 Å². The van der Waals surface area contributed by atoms with Crippen LogP contribution in [0.15, 0.2) is 42.5 Å². The molecular formula is C20H22O11S. The Hall–Kier alpha value is -2.71. The van der Waals surface area contributed by atoms with Gasteiger partial charge in [0.2, 0.25) is 6.29 Å². The second kappa shape index (κ2) is 9.83. The van der Waals surface area contributed by atoms with Crippen LogP contribution in [0.5, 0.6) is 17.2 Å². The van der Waals surface area contributed by atoms with E-state index in [4.69, 9.17) is 14.0 Å². The fraction of sp³-hybridized carbons (Fsp3) is 0.300. The summed E-state index contributed by atoms with van der Waals surface area (Å²) < 4.78 is 45.9. The molecule has 0 spiro atoms.